The number of unbranched alkanes of at least 4 members (excludes halogenated alkanes) is 5. The molecule has 0 unspecified atom stereocenters. The third-order valence-corrected chi connectivity index (χ3v) is 7.27. The number of hydrogen-bond acceptors (Lipinski definition) is 5. The molecule has 6 heteroatoms. The standard InChI is InChI=1S/C30H34N4OS/c35-29-28(19-27-20-31-24-32-21-27)22-34(30(33-29)36-23-26-16-10-6-11-17-26)18-12-4-2-1-3-7-13-25-14-8-5-9-15-25/h5-6,8-11,14-17,20-22,24H,1-4,7,12-13,18-19,23H2. The van der Waals surface area contributed by atoms with Crippen LogP contribution in [0.15, 0.2) is 95.5 Å². The lowest BCUT2D eigenvalue weighted by Gasteiger charge is -2.14. The van der Waals surface area contributed by atoms with Crippen LogP contribution in [0.4, 0.5) is 0 Å². The summed E-state index contributed by atoms with van der Waals surface area (Å²) in [5, 5.41) is 0.791. The van der Waals surface area contributed by atoms with Crippen molar-refractivity contribution in [3.63, 3.8) is 0 Å². The third-order valence-electron chi connectivity index (χ3n) is 6.21. The summed E-state index contributed by atoms with van der Waals surface area (Å²) in [6.45, 7) is 0.868. The fraction of sp³-hybridized carbons (Fsp3) is 0.333. The number of nitrogens with zero attached hydrogens (tertiary/aromatic N) is 4. The first-order chi connectivity index (χ1) is 17.8. The van der Waals surface area contributed by atoms with E-state index in [9.17, 15) is 4.79 Å². The van der Waals surface area contributed by atoms with Crippen LogP contribution in [0.2, 0.25) is 0 Å². The zero-order valence-corrected chi connectivity index (χ0v) is 21.6. The van der Waals surface area contributed by atoms with Crippen molar-refractivity contribution in [2.75, 3.05) is 0 Å². The van der Waals surface area contributed by atoms with Crippen LogP contribution >= 0.6 is 11.8 Å². The SMILES string of the molecule is O=c1nc(SCc2ccccc2)n(CCCCCCCCc2ccccc2)cc1Cc1cncnc1. The Balaban J connectivity index is 1.31. The molecular weight excluding hydrogens is 464 g/mol. The Morgan fingerprint density at radius 3 is 2.08 bits per heavy atom. The molecule has 4 aromatic rings. The van der Waals surface area contributed by atoms with Gasteiger partial charge >= 0.3 is 0 Å². The highest BCUT2D eigenvalue weighted by Gasteiger charge is 2.11. The fourth-order valence-electron chi connectivity index (χ4n) is 4.24. The van der Waals surface area contributed by atoms with Crippen molar-refractivity contribution in [2.45, 2.75) is 68.8 Å². The molecule has 0 aliphatic carbocycles. The summed E-state index contributed by atoms with van der Waals surface area (Å²) < 4.78 is 2.17. The first-order valence-corrected chi connectivity index (χ1v) is 13.8. The van der Waals surface area contributed by atoms with E-state index in [1.54, 1.807) is 24.2 Å². The van der Waals surface area contributed by atoms with E-state index < -0.39 is 0 Å². The maximum Gasteiger partial charge on any atom is 0.277 e. The maximum atomic E-state index is 12.8. The zero-order valence-electron chi connectivity index (χ0n) is 20.8. The highest BCUT2D eigenvalue weighted by molar-refractivity contribution is 7.98. The average Bonchev–Trinajstić information content (AvgIpc) is 2.92. The Kier molecular flexibility index (Phi) is 10.3. The van der Waals surface area contributed by atoms with Crippen molar-refractivity contribution < 1.29 is 0 Å². The Morgan fingerprint density at radius 1 is 0.722 bits per heavy atom. The van der Waals surface area contributed by atoms with Gasteiger partial charge < -0.3 is 4.57 Å². The summed E-state index contributed by atoms with van der Waals surface area (Å²) in [5.41, 5.74) is 4.10. The van der Waals surface area contributed by atoms with Gasteiger partial charge in [-0.1, -0.05) is 98.1 Å². The summed E-state index contributed by atoms with van der Waals surface area (Å²) >= 11 is 1.63. The van der Waals surface area contributed by atoms with Crippen molar-refractivity contribution in [2.24, 2.45) is 0 Å². The first kappa shape index (κ1) is 25.8. The minimum Gasteiger partial charge on any atom is -0.327 e. The summed E-state index contributed by atoms with van der Waals surface area (Å²) in [5.74, 6) is 0.792. The Bertz CT molecular complexity index is 1230. The van der Waals surface area contributed by atoms with E-state index in [0.29, 0.717) is 12.0 Å². The number of thioether (sulfide) groups is 1. The molecule has 2 heterocycles. The van der Waals surface area contributed by atoms with Crippen LogP contribution in [-0.4, -0.2) is 19.5 Å². The third kappa shape index (κ3) is 8.45. The summed E-state index contributed by atoms with van der Waals surface area (Å²) in [6, 6.07) is 21.1. The summed E-state index contributed by atoms with van der Waals surface area (Å²) in [6.07, 6.45) is 16.0. The molecule has 0 saturated carbocycles. The van der Waals surface area contributed by atoms with E-state index >= 15 is 0 Å². The molecule has 5 nitrogen and oxygen atoms in total. The van der Waals surface area contributed by atoms with Gasteiger partial charge in [-0.15, -0.1) is 0 Å². The number of rotatable bonds is 14. The molecule has 186 valence electrons. The molecule has 2 aromatic heterocycles. The molecule has 0 spiro atoms. The van der Waals surface area contributed by atoms with Gasteiger partial charge in [0, 0.05) is 42.9 Å². The van der Waals surface area contributed by atoms with Crippen LogP contribution in [0.25, 0.3) is 0 Å². The lowest BCUT2D eigenvalue weighted by molar-refractivity contribution is 0.518. The van der Waals surface area contributed by atoms with Gasteiger partial charge in [0.05, 0.1) is 0 Å². The van der Waals surface area contributed by atoms with Gasteiger partial charge in [0.25, 0.3) is 5.56 Å². The van der Waals surface area contributed by atoms with Crippen LogP contribution < -0.4 is 5.56 Å². The van der Waals surface area contributed by atoms with Gasteiger partial charge in [-0.05, 0) is 36.0 Å². The van der Waals surface area contributed by atoms with Crippen LogP contribution in [-0.2, 0) is 25.1 Å². The molecule has 0 amide bonds. The number of benzene rings is 2. The van der Waals surface area contributed by atoms with Crippen molar-refractivity contribution in [3.05, 3.63) is 118 Å². The van der Waals surface area contributed by atoms with Gasteiger partial charge in [-0.25, -0.2) is 9.97 Å². The van der Waals surface area contributed by atoms with E-state index in [0.717, 1.165) is 29.4 Å². The number of aryl methyl sites for hydroxylation is 2. The molecule has 0 aliphatic rings. The quantitative estimate of drug-likeness (QED) is 0.113. The monoisotopic (exact) mass is 498 g/mol. The van der Waals surface area contributed by atoms with Gasteiger partial charge in [0.1, 0.15) is 6.33 Å². The lowest BCUT2D eigenvalue weighted by Crippen LogP contribution is -2.20. The van der Waals surface area contributed by atoms with Crippen LogP contribution in [0, 0.1) is 0 Å². The van der Waals surface area contributed by atoms with E-state index in [1.807, 2.05) is 24.4 Å². The highest BCUT2D eigenvalue weighted by Crippen LogP contribution is 2.21. The fourth-order valence-corrected chi connectivity index (χ4v) is 5.19. The second-order valence-corrected chi connectivity index (χ2v) is 10.0. The second-order valence-electron chi connectivity index (χ2n) is 9.10. The molecule has 0 radical (unpaired) electrons. The number of aromatic nitrogens is 4. The van der Waals surface area contributed by atoms with E-state index in [-0.39, 0.29) is 5.56 Å². The topological polar surface area (TPSA) is 60.7 Å². The predicted molar refractivity (Wildman–Crippen MR) is 147 cm³/mol. The average molecular weight is 499 g/mol. The van der Waals surface area contributed by atoms with Gasteiger partial charge in [0.15, 0.2) is 5.16 Å². The Labute approximate surface area is 218 Å². The van der Waals surface area contributed by atoms with Crippen molar-refractivity contribution in [3.8, 4) is 0 Å². The molecule has 4 rings (SSSR count). The minimum atomic E-state index is -0.163. The highest BCUT2D eigenvalue weighted by atomic mass is 32.2. The molecular formula is C30H34N4OS. The molecule has 0 saturated heterocycles. The minimum absolute atomic E-state index is 0.163. The maximum absolute atomic E-state index is 12.8. The van der Waals surface area contributed by atoms with Crippen LogP contribution in [0.3, 0.4) is 0 Å². The van der Waals surface area contributed by atoms with Gasteiger partial charge in [0.2, 0.25) is 0 Å². The molecule has 0 aliphatic heterocycles. The van der Waals surface area contributed by atoms with Crippen LogP contribution in [0.1, 0.15) is 60.8 Å². The van der Waals surface area contributed by atoms with E-state index in [2.05, 4.69) is 62.0 Å². The second kappa shape index (κ2) is 14.3. The normalized spacial score (nSPS) is 11.0. The van der Waals surface area contributed by atoms with Crippen molar-refractivity contribution in [1.29, 1.82) is 0 Å². The van der Waals surface area contributed by atoms with Crippen molar-refractivity contribution in [1.82, 2.24) is 19.5 Å². The van der Waals surface area contributed by atoms with Gasteiger partial charge in [-0.3, -0.25) is 4.79 Å². The molecule has 2 aromatic carbocycles. The first-order valence-electron chi connectivity index (χ1n) is 12.8. The zero-order chi connectivity index (χ0) is 24.8. The lowest BCUT2D eigenvalue weighted by atomic mass is 10.0. The number of hydrogen-bond donors (Lipinski definition) is 0. The molecule has 36 heavy (non-hydrogen) atoms. The Hall–Kier alpha value is -3.25. The largest absolute Gasteiger partial charge is 0.327 e. The van der Waals surface area contributed by atoms with Crippen molar-refractivity contribution >= 4 is 11.8 Å². The van der Waals surface area contributed by atoms with E-state index in [4.69, 9.17) is 0 Å². The molecule has 0 N–H and O–H groups in total. The predicted octanol–water partition coefficient (Wildman–Crippen LogP) is 6.50. The Morgan fingerprint density at radius 2 is 1.36 bits per heavy atom. The summed E-state index contributed by atoms with van der Waals surface area (Å²) in [4.78, 5) is 25.4. The summed E-state index contributed by atoms with van der Waals surface area (Å²) in [7, 11) is 0. The van der Waals surface area contributed by atoms with Crippen LogP contribution in [0.5, 0.6) is 0 Å². The van der Waals surface area contributed by atoms with E-state index in [1.165, 1.54) is 56.0 Å². The smallest absolute Gasteiger partial charge is 0.277 e. The molecule has 0 bridgehead atoms. The van der Waals surface area contributed by atoms with Gasteiger partial charge in [-0.2, -0.15) is 4.98 Å². The molecule has 0 atom stereocenters. The molecule has 0 fully saturated rings.